The second-order valence-corrected chi connectivity index (χ2v) is 4.67. The van der Waals surface area contributed by atoms with Gasteiger partial charge in [-0.3, -0.25) is 9.69 Å². The zero-order valence-corrected chi connectivity index (χ0v) is 10.7. The molecule has 0 unspecified atom stereocenters. The first kappa shape index (κ1) is 13.1. The Hall–Kier alpha value is -1.39. The van der Waals surface area contributed by atoms with Crippen LogP contribution in [0.25, 0.3) is 0 Å². The molecule has 1 aliphatic heterocycles. The normalized spacial score (nSPS) is 20.7. The van der Waals surface area contributed by atoms with Crippen LogP contribution < -0.4 is 5.73 Å². The molecule has 18 heavy (non-hydrogen) atoms. The maximum Gasteiger partial charge on any atom is 0.236 e. The minimum atomic E-state index is 0.0613. The number of nitrogens with two attached hydrogens (primary N) is 1. The Morgan fingerprint density at radius 2 is 2.00 bits per heavy atom. The molecule has 0 saturated carbocycles. The number of rotatable bonds is 3. The van der Waals surface area contributed by atoms with E-state index in [1.165, 1.54) is 5.57 Å². The molecule has 2 rings (SSSR count). The van der Waals surface area contributed by atoms with E-state index in [-0.39, 0.29) is 12.5 Å². The van der Waals surface area contributed by atoms with Crippen LogP contribution >= 0.6 is 0 Å². The Bertz CT molecular complexity index is 377. The maximum atomic E-state index is 11.5. The summed E-state index contributed by atoms with van der Waals surface area (Å²) in [5.41, 5.74) is 6.71. The van der Waals surface area contributed by atoms with Crippen molar-refractivity contribution < 1.29 is 4.79 Å². The number of hydrogen-bond donors (Lipinski definition) is 1. The van der Waals surface area contributed by atoms with Crippen molar-refractivity contribution in [2.24, 2.45) is 5.73 Å². The standard InChI is InChI=1S/C14H21N3O/c15-11-14(18)17-9-7-16(8-10-17)12-13-5-3-1-2-4-6-13/h1,3-6H,2,7-12,15H2. The van der Waals surface area contributed by atoms with Crippen LogP contribution in [0, 0.1) is 0 Å². The lowest BCUT2D eigenvalue weighted by Gasteiger charge is -2.34. The summed E-state index contributed by atoms with van der Waals surface area (Å²) in [7, 11) is 0. The van der Waals surface area contributed by atoms with E-state index in [9.17, 15) is 4.79 Å². The molecule has 1 amide bonds. The van der Waals surface area contributed by atoms with Crippen LogP contribution in [0.15, 0.2) is 36.0 Å². The van der Waals surface area contributed by atoms with Crippen molar-refractivity contribution in [3.63, 3.8) is 0 Å². The van der Waals surface area contributed by atoms with Crippen LogP contribution in [-0.2, 0) is 4.79 Å². The van der Waals surface area contributed by atoms with Gasteiger partial charge in [-0.15, -0.1) is 0 Å². The number of amides is 1. The fourth-order valence-corrected chi connectivity index (χ4v) is 2.27. The van der Waals surface area contributed by atoms with Crippen molar-refractivity contribution in [3.05, 3.63) is 36.0 Å². The fraction of sp³-hybridized carbons (Fsp3) is 0.500. The molecule has 0 atom stereocenters. The van der Waals surface area contributed by atoms with Crippen molar-refractivity contribution in [2.45, 2.75) is 6.42 Å². The minimum Gasteiger partial charge on any atom is -0.339 e. The maximum absolute atomic E-state index is 11.5. The second kappa shape index (κ2) is 6.52. The number of nitrogens with zero attached hydrogens (tertiary/aromatic N) is 2. The van der Waals surface area contributed by atoms with Gasteiger partial charge in [0.15, 0.2) is 0 Å². The van der Waals surface area contributed by atoms with Crippen molar-refractivity contribution in [1.82, 2.24) is 9.80 Å². The van der Waals surface area contributed by atoms with Gasteiger partial charge in [0, 0.05) is 32.7 Å². The molecular formula is C14H21N3O. The highest BCUT2D eigenvalue weighted by Gasteiger charge is 2.19. The molecule has 0 bridgehead atoms. The van der Waals surface area contributed by atoms with Crippen molar-refractivity contribution in [3.8, 4) is 0 Å². The van der Waals surface area contributed by atoms with E-state index in [2.05, 4.69) is 35.3 Å². The fourth-order valence-electron chi connectivity index (χ4n) is 2.27. The molecule has 1 aliphatic carbocycles. The molecule has 4 heteroatoms. The summed E-state index contributed by atoms with van der Waals surface area (Å²) in [6, 6.07) is 0. The molecular weight excluding hydrogens is 226 g/mol. The zero-order valence-electron chi connectivity index (χ0n) is 10.7. The summed E-state index contributed by atoms with van der Waals surface area (Å²) in [6.45, 7) is 4.54. The first-order valence-corrected chi connectivity index (χ1v) is 6.52. The zero-order chi connectivity index (χ0) is 12.8. The van der Waals surface area contributed by atoms with E-state index in [4.69, 9.17) is 5.73 Å². The first-order valence-electron chi connectivity index (χ1n) is 6.52. The number of carbonyl (C=O) groups excluding carboxylic acids is 1. The van der Waals surface area contributed by atoms with E-state index in [1.807, 2.05) is 4.90 Å². The molecule has 4 nitrogen and oxygen atoms in total. The van der Waals surface area contributed by atoms with Crippen LogP contribution in [0.1, 0.15) is 6.42 Å². The summed E-state index contributed by atoms with van der Waals surface area (Å²) in [4.78, 5) is 15.7. The molecule has 98 valence electrons. The van der Waals surface area contributed by atoms with Gasteiger partial charge in [-0.25, -0.2) is 0 Å². The molecule has 1 saturated heterocycles. The number of hydrogen-bond acceptors (Lipinski definition) is 3. The van der Waals surface area contributed by atoms with Gasteiger partial charge in [-0.1, -0.05) is 30.4 Å². The van der Waals surface area contributed by atoms with Crippen molar-refractivity contribution >= 4 is 5.91 Å². The van der Waals surface area contributed by atoms with E-state index in [0.29, 0.717) is 0 Å². The van der Waals surface area contributed by atoms with Gasteiger partial charge < -0.3 is 10.6 Å². The van der Waals surface area contributed by atoms with Crippen LogP contribution in [0.2, 0.25) is 0 Å². The minimum absolute atomic E-state index is 0.0613. The van der Waals surface area contributed by atoms with Crippen LogP contribution in [0.4, 0.5) is 0 Å². The Labute approximate surface area is 108 Å². The first-order chi connectivity index (χ1) is 8.79. The van der Waals surface area contributed by atoms with Gasteiger partial charge in [0.25, 0.3) is 0 Å². The van der Waals surface area contributed by atoms with Gasteiger partial charge in [-0.2, -0.15) is 0 Å². The van der Waals surface area contributed by atoms with Crippen LogP contribution in [-0.4, -0.2) is 55.0 Å². The van der Waals surface area contributed by atoms with Crippen molar-refractivity contribution in [2.75, 3.05) is 39.3 Å². The number of carbonyl (C=O) groups is 1. The summed E-state index contributed by atoms with van der Waals surface area (Å²) in [5.74, 6) is 0.0613. The highest BCUT2D eigenvalue weighted by Crippen LogP contribution is 2.09. The van der Waals surface area contributed by atoms with E-state index in [1.54, 1.807) is 0 Å². The topological polar surface area (TPSA) is 49.6 Å². The third kappa shape index (κ3) is 3.55. The van der Waals surface area contributed by atoms with E-state index >= 15 is 0 Å². The van der Waals surface area contributed by atoms with Gasteiger partial charge in [-0.05, 0) is 12.0 Å². The monoisotopic (exact) mass is 247 g/mol. The highest BCUT2D eigenvalue weighted by molar-refractivity contribution is 5.78. The SMILES string of the molecule is NCC(=O)N1CCN(CC2=CC=CCC=C2)CC1. The Morgan fingerprint density at radius 3 is 2.72 bits per heavy atom. The highest BCUT2D eigenvalue weighted by atomic mass is 16.2. The molecule has 0 aromatic rings. The lowest BCUT2D eigenvalue weighted by Crippen LogP contribution is -2.50. The van der Waals surface area contributed by atoms with Crippen molar-refractivity contribution in [1.29, 1.82) is 0 Å². The molecule has 1 heterocycles. The average Bonchev–Trinajstić information content (AvgIpc) is 2.67. The van der Waals surface area contributed by atoms with E-state index in [0.717, 1.165) is 39.1 Å². The molecule has 0 spiro atoms. The third-order valence-corrected chi connectivity index (χ3v) is 3.36. The number of allylic oxidation sites excluding steroid dienone is 4. The molecule has 0 radical (unpaired) electrons. The molecule has 0 aromatic heterocycles. The largest absolute Gasteiger partial charge is 0.339 e. The Balaban J connectivity index is 1.81. The summed E-state index contributed by atoms with van der Waals surface area (Å²) >= 11 is 0. The van der Waals surface area contributed by atoms with Crippen LogP contribution in [0.3, 0.4) is 0 Å². The third-order valence-electron chi connectivity index (χ3n) is 3.36. The summed E-state index contributed by atoms with van der Waals surface area (Å²) in [5, 5.41) is 0. The molecule has 2 aliphatic rings. The smallest absolute Gasteiger partial charge is 0.236 e. The number of piperazine rings is 1. The summed E-state index contributed by atoms with van der Waals surface area (Å²) in [6.07, 6.45) is 11.8. The summed E-state index contributed by atoms with van der Waals surface area (Å²) < 4.78 is 0. The van der Waals surface area contributed by atoms with Crippen LogP contribution in [0.5, 0.6) is 0 Å². The predicted molar refractivity (Wildman–Crippen MR) is 73.1 cm³/mol. The lowest BCUT2D eigenvalue weighted by atomic mass is 10.2. The molecule has 2 N–H and O–H groups in total. The predicted octanol–water partition coefficient (Wildman–Crippen LogP) is 0.532. The second-order valence-electron chi connectivity index (χ2n) is 4.67. The molecule has 0 aromatic carbocycles. The Morgan fingerprint density at radius 1 is 1.22 bits per heavy atom. The van der Waals surface area contributed by atoms with Gasteiger partial charge >= 0.3 is 0 Å². The lowest BCUT2D eigenvalue weighted by molar-refractivity contribution is -0.131. The quantitative estimate of drug-likeness (QED) is 0.791. The Kier molecular flexibility index (Phi) is 4.73. The van der Waals surface area contributed by atoms with E-state index < -0.39 is 0 Å². The van der Waals surface area contributed by atoms with Gasteiger partial charge in [0.05, 0.1) is 6.54 Å². The van der Waals surface area contributed by atoms with Gasteiger partial charge in [0.1, 0.15) is 0 Å². The molecule has 1 fully saturated rings. The average molecular weight is 247 g/mol. The van der Waals surface area contributed by atoms with Gasteiger partial charge in [0.2, 0.25) is 5.91 Å².